The SMILES string of the molecule is C#CCCn1ccn(CCC#C)c(=O)c1=O. The van der Waals surface area contributed by atoms with Crippen LogP contribution in [0.3, 0.4) is 0 Å². The van der Waals surface area contributed by atoms with Gasteiger partial charge in [-0.25, -0.2) is 0 Å². The van der Waals surface area contributed by atoms with Gasteiger partial charge in [0.05, 0.1) is 0 Å². The van der Waals surface area contributed by atoms with Crippen molar-refractivity contribution in [2.45, 2.75) is 25.9 Å². The van der Waals surface area contributed by atoms with Gasteiger partial charge in [-0.3, -0.25) is 9.59 Å². The molecule has 0 unspecified atom stereocenters. The maximum atomic E-state index is 11.6. The van der Waals surface area contributed by atoms with E-state index in [9.17, 15) is 9.59 Å². The van der Waals surface area contributed by atoms with Gasteiger partial charge < -0.3 is 9.13 Å². The summed E-state index contributed by atoms with van der Waals surface area (Å²) in [5.41, 5.74) is -1.12. The van der Waals surface area contributed by atoms with Crippen molar-refractivity contribution >= 4 is 0 Å². The molecule has 1 aromatic rings. The standard InChI is InChI=1S/C12H12N2O2/c1-3-5-7-13-9-10-14(8-6-4-2)12(16)11(13)15/h1-2,9-10H,5-8H2. The number of rotatable bonds is 4. The summed E-state index contributed by atoms with van der Waals surface area (Å²) in [5, 5.41) is 0. The fourth-order valence-electron chi connectivity index (χ4n) is 1.26. The first-order chi connectivity index (χ1) is 7.70. The van der Waals surface area contributed by atoms with Crippen molar-refractivity contribution in [1.82, 2.24) is 9.13 Å². The summed E-state index contributed by atoms with van der Waals surface area (Å²) in [6.07, 6.45) is 14.1. The summed E-state index contributed by atoms with van der Waals surface area (Å²) >= 11 is 0. The van der Waals surface area contributed by atoms with Crippen LogP contribution in [0.25, 0.3) is 0 Å². The Bertz CT molecular complexity index is 501. The van der Waals surface area contributed by atoms with Crippen LogP contribution in [0, 0.1) is 24.7 Å². The monoisotopic (exact) mass is 216 g/mol. The summed E-state index contributed by atoms with van der Waals surface area (Å²) in [4.78, 5) is 23.1. The van der Waals surface area contributed by atoms with Crippen molar-refractivity contribution in [1.29, 1.82) is 0 Å². The minimum absolute atomic E-state index is 0.362. The third kappa shape index (κ3) is 2.65. The normalized spacial score (nSPS) is 9.38. The van der Waals surface area contributed by atoms with Gasteiger partial charge in [0.2, 0.25) is 0 Å². The van der Waals surface area contributed by atoms with E-state index in [2.05, 4.69) is 11.8 Å². The highest BCUT2D eigenvalue weighted by molar-refractivity contribution is 4.91. The molecule has 16 heavy (non-hydrogen) atoms. The van der Waals surface area contributed by atoms with Gasteiger partial charge in [0.1, 0.15) is 0 Å². The van der Waals surface area contributed by atoms with E-state index in [0.717, 1.165) is 0 Å². The molecule has 1 rings (SSSR count). The zero-order valence-electron chi connectivity index (χ0n) is 8.85. The number of terminal acetylenes is 2. The highest BCUT2D eigenvalue weighted by atomic mass is 16.2. The fourth-order valence-corrected chi connectivity index (χ4v) is 1.26. The first-order valence-corrected chi connectivity index (χ1v) is 4.87. The van der Waals surface area contributed by atoms with E-state index in [0.29, 0.717) is 25.9 Å². The Morgan fingerprint density at radius 3 is 1.62 bits per heavy atom. The van der Waals surface area contributed by atoms with Crippen molar-refractivity contribution in [3.05, 3.63) is 33.1 Å². The first kappa shape index (κ1) is 11.9. The topological polar surface area (TPSA) is 44.0 Å². The molecule has 0 bridgehead atoms. The molecule has 0 N–H and O–H groups in total. The van der Waals surface area contributed by atoms with Crippen LogP contribution in [-0.2, 0) is 13.1 Å². The molecule has 0 saturated carbocycles. The fraction of sp³-hybridized carbons (Fsp3) is 0.333. The van der Waals surface area contributed by atoms with E-state index in [-0.39, 0.29) is 0 Å². The quantitative estimate of drug-likeness (QED) is 0.527. The second-order valence-electron chi connectivity index (χ2n) is 3.20. The summed E-state index contributed by atoms with van der Waals surface area (Å²) < 4.78 is 2.63. The average molecular weight is 216 g/mol. The largest absolute Gasteiger partial charge is 0.316 e. The summed E-state index contributed by atoms with van der Waals surface area (Å²) in [6, 6.07) is 0. The van der Waals surface area contributed by atoms with E-state index < -0.39 is 11.1 Å². The molecule has 0 fully saturated rings. The maximum Gasteiger partial charge on any atom is 0.316 e. The van der Waals surface area contributed by atoms with Gasteiger partial charge >= 0.3 is 11.1 Å². The Labute approximate surface area is 93.5 Å². The Balaban J connectivity index is 3.01. The molecular weight excluding hydrogens is 204 g/mol. The lowest BCUT2D eigenvalue weighted by Crippen LogP contribution is -2.40. The molecule has 4 nitrogen and oxygen atoms in total. The third-order valence-corrected chi connectivity index (χ3v) is 2.13. The van der Waals surface area contributed by atoms with Crippen LogP contribution in [0.2, 0.25) is 0 Å². The number of aromatic nitrogens is 2. The van der Waals surface area contributed by atoms with Crippen molar-refractivity contribution in [2.24, 2.45) is 0 Å². The molecule has 1 heterocycles. The van der Waals surface area contributed by atoms with Crippen LogP contribution in [-0.4, -0.2) is 9.13 Å². The molecule has 0 aromatic carbocycles. The Morgan fingerprint density at radius 1 is 0.938 bits per heavy atom. The van der Waals surface area contributed by atoms with Crippen molar-refractivity contribution in [2.75, 3.05) is 0 Å². The van der Waals surface area contributed by atoms with Crippen molar-refractivity contribution in [3.8, 4) is 24.7 Å². The molecule has 0 aliphatic rings. The molecule has 1 aromatic heterocycles. The summed E-state index contributed by atoms with van der Waals surface area (Å²) in [7, 11) is 0. The lowest BCUT2D eigenvalue weighted by Gasteiger charge is -2.05. The number of nitrogens with zero attached hydrogens (tertiary/aromatic N) is 2. The van der Waals surface area contributed by atoms with Gasteiger partial charge in [-0.1, -0.05) is 0 Å². The molecule has 0 aliphatic carbocycles. The van der Waals surface area contributed by atoms with Gasteiger partial charge in [-0.15, -0.1) is 24.7 Å². The highest BCUT2D eigenvalue weighted by Gasteiger charge is 2.03. The lowest BCUT2D eigenvalue weighted by atomic mass is 10.4. The van der Waals surface area contributed by atoms with E-state index in [4.69, 9.17) is 12.8 Å². The molecule has 0 atom stereocenters. The second-order valence-corrected chi connectivity index (χ2v) is 3.20. The molecule has 0 aliphatic heterocycles. The minimum Gasteiger partial charge on any atom is -0.308 e. The second kappa shape index (κ2) is 5.63. The van der Waals surface area contributed by atoms with E-state index in [1.807, 2.05) is 0 Å². The van der Waals surface area contributed by atoms with Gasteiger partial charge in [0.25, 0.3) is 0 Å². The van der Waals surface area contributed by atoms with Gasteiger partial charge in [0.15, 0.2) is 0 Å². The average Bonchev–Trinajstić information content (AvgIpc) is 2.30. The molecular formula is C12H12N2O2. The van der Waals surface area contributed by atoms with E-state index in [1.165, 1.54) is 9.13 Å². The predicted octanol–water partition coefficient (Wildman–Crippen LogP) is 0.0566. The zero-order chi connectivity index (χ0) is 12.0. The van der Waals surface area contributed by atoms with Gasteiger partial charge in [0, 0.05) is 38.3 Å². The van der Waals surface area contributed by atoms with Crippen molar-refractivity contribution < 1.29 is 0 Å². The molecule has 0 spiro atoms. The van der Waals surface area contributed by atoms with Crippen LogP contribution in [0.1, 0.15) is 12.8 Å². The van der Waals surface area contributed by atoms with Crippen LogP contribution < -0.4 is 11.1 Å². The number of hydrogen-bond acceptors (Lipinski definition) is 2. The molecule has 82 valence electrons. The number of aryl methyl sites for hydroxylation is 2. The number of hydrogen-bond donors (Lipinski definition) is 0. The van der Waals surface area contributed by atoms with E-state index >= 15 is 0 Å². The smallest absolute Gasteiger partial charge is 0.308 e. The predicted molar refractivity (Wildman–Crippen MR) is 61.9 cm³/mol. The Kier molecular flexibility index (Phi) is 4.17. The molecule has 0 saturated heterocycles. The molecule has 0 amide bonds. The van der Waals surface area contributed by atoms with Crippen LogP contribution in [0.4, 0.5) is 0 Å². The van der Waals surface area contributed by atoms with Crippen LogP contribution in [0.15, 0.2) is 22.0 Å². The van der Waals surface area contributed by atoms with Crippen LogP contribution >= 0.6 is 0 Å². The highest BCUT2D eigenvalue weighted by Crippen LogP contribution is 1.86. The van der Waals surface area contributed by atoms with E-state index in [1.54, 1.807) is 12.4 Å². The molecule has 0 radical (unpaired) electrons. The molecule has 4 heteroatoms. The third-order valence-electron chi connectivity index (χ3n) is 2.13. The first-order valence-electron chi connectivity index (χ1n) is 4.87. The Morgan fingerprint density at radius 2 is 1.31 bits per heavy atom. The summed E-state index contributed by atoms with van der Waals surface area (Å²) in [5.74, 6) is 4.83. The van der Waals surface area contributed by atoms with Gasteiger partial charge in [-0.2, -0.15) is 0 Å². The summed E-state index contributed by atoms with van der Waals surface area (Å²) in [6.45, 7) is 0.723. The lowest BCUT2D eigenvalue weighted by molar-refractivity contribution is 0.611. The zero-order valence-corrected chi connectivity index (χ0v) is 8.85. The van der Waals surface area contributed by atoms with Crippen molar-refractivity contribution in [3.63, 3.8) is 0 Å². The van der Waals surface area contributed by atoms with Gasteiger partial charge in [-0.05, 0) is 0 Å². The minimum atomic E-state index is -0.560. The van der Waals surface area contributed by atoms with Crippen LogP contribution in [0.5, 0.6) is 0 Å². The Hall–Kier alpha value is -2.20. The maximum absolute atomic E-state index is 11.6.